The zero-order valence-electron chi connectivity index (χ0n) is 18.5. The molecule has 0 radical (unpaired) electrons. The summed E-state index contributed by atoms with van der Waals surface area (Å²) in [6, 6.07) is 13.0. The maximum atomic E-state index is 12.6. The Bertz CT molecular complexity index is 1200. The van der Waals surface area contributed by atoms with Crippen molar-refractivity contribution in [3.05, 3.63) is 59.3 Å². The van der Waals surface area contributed by atoms with E-state index in [0.29, 0.717) is 28.8 Å². The van der Waals surface area contributed by atoms with E-state index in [4.69, 9.17) is 18.9 Å². The molecule has 1 amide bonds. The summed E-state index contributed by atoms with van der Waals surface area (Å²) in [5.41, 5.74) is 3.08. The molecule has 9 heteroatoms. The van der Waals surface area contributed by atoms with Crippen LogP contribution < -0.4 is 9.64 Å². The number of benzene rings is 2. The molecule has 0 bridgehead atoms. The van der Waals surface area contributed by atoms with Crippen LogP contribution in [-0.4, -0.2) is 49.9 Å². The quantitative estimate of drug-likeness (QED) is 0.466. The number of esters is 2. The molecule has 0 saturated heterocycles. The van der Waals surface area contributed by atoms with Crippen molar-refractivity contribution >= 4 is 34.6 Å². The van der Waals surface area contributed by atoms with Gasteiger partial charge in [-0.1, -0.05) is 30.3 Å². The Kier molecular flexibility index (Phi) is 6.21. The highest BCUT2D eigenvalue weighted by molar-refractivity contribution is 6.03. The second-order valence-corrected chi connectivity index (χ2v) is 7.63. The fourth-order valence-electron chi connectivity index (χ4n) is 4.02. The lowest BCUT2D eigenvalue weighted by molar-refractivity contribution is -0.145. The summed E-state index contributed by atoms with van der Waals surface area (Å²) in [5, 5.41) is 0.668. The van der Waals surface area contributed by atoms with E-state index in [-0.39, 0.29) is 18.8 Å². The third kappa shape index (κ3) is 4.48. The van der Waals surface area contributed by atoms with Crippen LogP contribution in [0.3, 0.4) is 0 Å². The van der Waals surface area contributed by atoms with Crippen molar-refractivity contribution in [3.63, 3.8) is 0 Å². The number of fused-ring (bicyclic) bond motifs is 3. The Morgan fingerprint density at radius 1 is 1.09 bits per heavy atom. The molecule has 3 aromatic rings. The monoisotopic (exact) mass is 452 g/mol. The number of aromatic nitrogens is 1. The molecule has 0 aliphatic carbocycles. The highest BCUT2D eigenvalue weighted by atomic mass is 16.6. The van der Waals surface area contributed by atoms with Crippen LogP contribution in [0.4, 0.5) is 10.5 Å². The van der Waals surface area contributed by atoms with Crippen molar-refractivity contribution in [2.24, 2.45) is 0 Å². The number of hydrogen-bond donors (Lipinski definition) is 1. The Morgan fingerprint density at radius 2 is 1.85 bits per heavy atom. The molecular formula is C24H24N2O7. The Morgan fingerprint density at radius 3 is 2.52 bits per heavy atom. The van der Waals surface area contributed by atoms with E-state index in [1.54, 1.807) is 12.1 Å². The van der Waals surface area contributed by atoms with Crippen molar-refractivity contribution in [2.45, 2.75) is 26.1 Å². The summed E-state index contributed by atoms with van der Waals surface area (Å²) in [6.45, 7) is 1.74. The summed E-state index contributed by atoms with van der Waals surface area (Å²) in [5.74, 6) is -0.523. The molecule has 0 saturated carbocycles. The van der Waals surface area contributed by atoms with Gasteiger partial charge in [-0.3, -0.25) is 9.69 Å². The highest BCUT2D eigenvalue weighted by Crippen LogP contribution is 2.40. The molecule has 0 spiro atoms. The van der Waals surface area contributed by atoms with Gasteiger partial charge in [-0.2, -0.15) is 0 Å². The van der Waals surface area contributed by atoms with Crippen molar-refractivity contribution in [2.75, 3.05) is 25.7 Å². The van der Waals surface area contributed by atoms with E-state index in [1.165, 1.54) is 26.0 Å². The number of methoxy groups -OCH3 is 2. The number of aromatic amines is 1. The zero-order valence-corrected chi connectivity index (χ0v) is 18.5. The first-order valence-corrected chi connectivity index (χ1v) is 10.4. The average molecular weight is 452 g/mol. The number of rotatable bonds is 5. The van der Waals surface area contributed by atoms with Gasteiger partial charge in [0.15, 0.2) is 0 Å². The number of H-pyrrole nitrogens is 1. The van der Waals surface area contributed by atoms with Crippen molar-refractivity contribution < 1.29 is 33.3 Å². The van der Waals surface area contributed by atoms with E-state index >= 15 is 0 Å². The highest BCUT2D eigenvalue weighted by Gasteiger charge is 2.34. The van der Waals surface area contributed by atoms with E-state index in [1.807, 2.05) is 30.3 Å². The van der Waals surface area contributed by atoms with Crippen molar-refractivity contribution in [3.8, 4) is 5.75 Å². The van der Waals surface area contributed by atoms with Gasteiger partial charge in [-0.05, 0) is 17.2 Å². The maximum Gasteiger partial charge on any atom is 0.414 e. The van der Waals surface area contributed by atoms with Gasteiger partial charge in [0.25, 0.3) is 0 Å². The minimum Gasteiger partial charge on any atom is -0.487 e. The van der Waals surface area contributed by atoms with E-state index in [0.717, 1.165) is 11.1 Å². The molecule has 1 aromatic heterocycles. The van der Waals surface area contributed by atoms with E-state index in [2.05, 4.69) is 4.98 Å². The molecule has 2 aromatic carbocycles. The molecule has 172 valence electrons. The molecule has 0 fully saturated rings. The lowest BCUT2D eigenvalue weighted by Crippen LogP contribution is -2.44. The summed E-state index contributed by atoms with van der Waals surface area (Å²) < 4.78 is 21.3. The van der Waals surface area contributed by atoms with E-state index < -0.39 is 24.1 Å². The topological polar surface area (TPSA) is 107 Å². The van der Waals surface area contributed by atoms with Gasteiger partial charge in [-0.15, -0.1) is 0 Å². The predicted octanol–water partition coefficient (Wildman–Crippen LogP) is 3.59. The minimum absolute atomic E-state index is 0.136. The van der Waals surface area contributed by atoms with Gasteiger partial charge in [0.05, 0.1) is 32.0 Å². The molecule has 4 rings (SSSR count). The van der Waals surface area contributed by atoms with Gasteiger partial charge in [0, 0.05) is 24.8 Å². The number of nitrogens with zero attached hydrogens (tertiary/aromatic N) is 1. The third-order valence-corrected chi connectivity index (χ3v) is 5.45. The lowest BCUT2D eigenvalue weighted by Gasteiger charge is -2.34. The number of amides is 1. The third-order valence-electron chi connectivity index (χ3n) is 5.45. The number of anilines is 1. The molecule has 1 N–H and O–H groups in total. The molecular weight excluding hydrogens is 428 g/mol. The number of carbonyl (C=O) groups excluding carboxylic acids is 3. The van der Waals surface area contributed by atoms with Crippen LogP contribution >= 0.6 is 0 Å². The SMILES string of the molecule is COC(=O)c1cc2c3c(cc(OCc4ccccc4)c2[nH]1)N(C(=O)OC)C[C@@H](OC(C)=O)C3. The summed E-state index contributed by atoms with van der Waals surface area (Å²) >= 11 is 0. The van der Waals surface area contributed by atoms with Crippen LogP contribution in [0.2, 0.25) is 0 Å². The smallest absolute Gasteiger partial charge is 0.414 e. The van der Waals surface area contributed by atoms with Crippen LogP contribution in [0.5, 0.6) is 5.75 Å². The Hall–Kier alpha value is -4.01. The largest absolute Gasteiger partial charge is 0.487 e. The zero-order chi connectivity index (χ0) is 23.5. The first kappa shape index (κ1) is 22.2. The lowest BCUT2D eigenvalue weighted by atomic mass is 9.95. The Balaban J connectivity index is 1.84. The molecule has 1 aliphatic rings. The van der Waals surface area contributed by atoms with Crippen LogP contribution in [0.25, 0.3) is 10.9 Å². The number of hydrogen-bond acceptors (Lipinski definition) is 7. The fraction of sp³-hybridized carbons (Fsp3) is 0.292. The number of nitrogens with one attached hydrogen (secondary N) is 1. The predicted molar refractivity (Wildman–Crippen MR) is 119 cm³/mol. The summed E-state index contributed by atoms with van der Waals surface area (Å²) in [6.07, 6.45) is -0.800. The number of ether oxygens (including phenoxy) is 4. The fourth-order valence-corrected chi connectivity index (χ4v) is 4.02. The summed E-state index contributed by atoms with van der Waals surface area (Å²) in [7, 11) is 2.58. The molecule has 2 heterocycles. The molecule has 9 nitrogen and oxygen atoms in total. The first-order valence-electron chi connectivity index (χ1n) is 10.4. The van der Waals surface area contributed by atoms with Gasteiger partial charge in [-0.25, -0.2) is 9.59 Å². The van der Waals surface area contributed by atoms with Crippen LogP contribution in [0.1, 0.15) is 28.5 Å². The van der Waals surface area contributed by atoms with Gasteiger partial charge < -0.3 is 23.9 Å². The maximum absolute atomic E-state index is 12.6. The minimum atomic E-state index is -0.592. The Labute approximate surface area is 190 Å². The van der Waals surface area contributed by atoms with Gasteiger partial charge in [0.1, 0.15) is 24.2 Å². The first-order chi connectivity index (χ1) is 15.9. The van der Waals surface area contributed by atoms with Crippen LogP contribution in [0, 0.1) is 0 Å². The van der Waals surface area contributed by atoms with Gasteiger partial charge >= 0.3 is 18.0 Å². The van der Waals surface area contributed by atoms with Crippen molar-refractivity contribution in [1.29, 1.82) is 0 Å². The molecule has 0 unspecified atom stereocenters. The number of carbonyl (C=O) groups is 3. The molecule has 33 heavy (non-hydrogen) atoms. The normalized spacial score (nSPS) is 15.0. The molecule has 1 atom stereocenters. The standard InChI is InChI=1S/C24H24N2O7/c1-14(27)33-16-9-17-18-10-19(23(28)30-2)25-22(18)21(32-13-15-7-5-4-6-8-15)11-20(17)26(12-16)24(29)31-3/h4-8,10-11,16,25H,9,12-13H2,1-3H3/t16-/m0/s1. The molecule has 1 aliphatic heterocycles. The second kappa shape index (κ2) is 9.23. The summed E-state index contributed by atoms with van der Waals surface area (Å²) in [4.78, 5) is 40.9. The van der Waals surface area contributed by atoms with Crippen LogP contribution in [-0.2, 0) is 32.0 Å². The van der Waals surface area contributed by atoms with E-state index in [9.17, 15) is 14.4 Å². The van der Waals surface area contributed by atoms with Crippen molar-refractivity contribution in [1.82, 2.24) is 4.98 Å². The second-order valence-electron chi connectivity index (χ2n) is 7.63. The average Bonchev–Trinajstić information content (AvgIpc) is 3.27. The van der Waals surface area contributed by atoms with Crippen LogP contribution in [0.15, 0.2) is 42.5 Å². The van der Waals surface area contributed by atoms with Gasteiger partial charge in [0.2, 0.25) is 0 Å².